The molecule has 5 unspecified atom stereocenters. The van der Waals surface area contributed by atoms with Gasteiger partial charge in [0.15, 0.2) is 5.34 Å². The maximum Gasteiger partial charge on any atom is 0.357 e. The zero-order chi connectivity index (χ0) is 29.8. The molecule has 0 amide bonds. The summed E-state index contributed by atoms with van der Waals surface area (Å²) in [5.74, 6) is 0.724. The van der Waals surface area contributed by atoms with Gasteiger partial charge in [-0.25, -0.2) is 0 Å². The maximum absolute atomic E-state index is 13.5. The highest BCUT2D eigenvalue weighted by molar-refractivity contribution is 7.53. The lowest BCUT2D eigenvalue weighted by atomic mass is 9.54. The Hall–Kier alpha value is 0.0300. The van der Waals surface area contributed by atoms with Gasteiger partial charge in [0.1, 0.15) is 0 Å². The Kier molecular flexibility index (Phi) is 11.6. The lowest BCUT2D eigenvalue weighted by molar-refractivity contribution is -0.183. The minimum Gasteiger partial charge on any atom is -0.391 e. The van der Waals surface area contributed by atoms with Gasteiger partial charge in [-0.05, 0) is 81.5 Å². The number of aliphatic hydroxyl groups is 1. The van der Waals surface area contributed by atoms with E-state index in [1.54, 1.807) is 0 Å². The molecule has 2 aliphatic heterocycles. The van der Waals surface area contributed by atoms with Crippen molar-refractivity contribution in [1.82, 2.24) is 0 Å². The molecule has 2 aliphatic carbocycles. The van der Waals surface area contributed by atoms with Crippen molar-refractivity contribution in [3.05, 3.63) is 0 Å². The van der Waals surface area contributed by atoms with Crippen LogP contribution in [-0.4, -0.2) is 38.0 Å². The molecular formula is C34H64NO5P. The van der Waals surface area contributed by atoms with E-state index >= 15 is 0 Å². The van der Waals surface area contributed by atoms with Crippen molar-refractivity contribution in [1.29, 1.82) is 0 Å². The molecule has 1 spiro atoms. The number of unbranched alkanes of at least 4 members (excludes halogenated alkanes) is 5. The van der Waals surface area contributed by atoms with Crippen LogP contribution in [0.2, 0.25) is 0 Å². The summed E-state index contributed by atoms with van der Waals surface area (Å²) in [6, 6.07) is -0.465. The summed E-state index contributed by atoms with van der Waals surface area (Å²) >= 11 is 0. The Morgan fingerprint density at radius 1 is 0.829 bits per heavy atom. The average Bonchev–Trinajstić information content (AvgIpc) is 3.23. The summed E-state index contributed by atoms with van der Waals surface area (Å²) in [4.78, 5) is 22.0. The van der Waals surface area contributed by atoms with Crippen LogP contribution in [0.3, 0.4) is 0 Å². The van der Waals surface area contributed by atoms with Crippen LogP contribution in [0.1, 0.15) is 168 Å². The first-order valence-corrected chi connectivity index (χ1v) is 19.3. The SMILES string of the molecule is CCCCCCC1(C)CCCC2C3CCCCCCC4(CCCCC)CC(P(=O)(O)O)(CCC3)O[C@]24C[C@H](N)[C@@H]1O. The van der Waals surface area contributed by atoms with Gasteiger partial charge in [0.05, 0.1) is 11.7 Å². The standard InChI is InChI=1S/C34H64NO5P/c1-4-6-8-13-20-31(3)21-16-19-28-27-17-11-9-10-14-23-32(22-12-7-5-2)26-33(24-15-18-27,41(37,38)39)40-34(28,32)25-29(35)30(31)36/h27-30,36H,4-26,35H2,1-3H3,(H2,37,38,39)/t27?,28?,29-,30-,31?,32?,33?,34+/m0/s1. The molecule has 2 saturated carbocycles. The Morgan fingerprint density at radius 3 is 2.22 bits per heavy atom. The highest BCUT2D eigenvalue weighted by atomic mass is 31.2. The number of fused-ring (bicyclic) bond motifs is 1. The summed E-state index contributed by atoms with van der Waals surface area (Å²) in [6.07, 6.45) is 22.4. The van der Waals surface area contributed by atoms with Gasteiger partial charge < -0.3 is 25.4 Å². The number of hydrogen-bond donors (Lipinski definition) is 4. The molecule has 8 atom stereocenters. The van der Waals surface area contributed by atoms with E-state index in [2.05, 4.69) is 20.8 Å². The van der Waals surface area contributed by atoms with E-state index in [0.717, 1.165) is 83.5 Å². The summed E-state index contributed by atoms with van der Waals surface area (Å²) in [6.45, 7) is 6.72. The second kappa shape index (κ2) is 14.0. The second-order valence-corrected chi connectivity index (χ2v) is 17.2. The summed E-state index contributed by atoms with van der Waals surface area (Å²) in [5.41, 5.74) is 5.89. The van der Waals surface area contributed by atoms with Gasteiger partial charge in [0.2, 0.25) is 0 Å². The van der Waals surface area contributed by atoms with Crippen LogP contribution in [0, 0.1) is 22.7 Å². The van der Waals surface area contributed by atoms with Crippen LogP contribution in [0.4, 0.5) is 0 Å². The van der Waals surface area contributed by atoms with Gasteiger partial charge in [-0.1, -0.05) is 104 Å². The van der Waals surface area contributed by atoms with Gasteiger partial charge in [-0.2, -0.15) is 0 Å². The van der Waals surface area contributed by atoms with E-state index in [1.807, 2.05) is 0 Å². The van der Waals surface area contributed by atoms with Crippen molar-refractivity contribution in [2.75, 3.05) is 0 Å². The summed E-state index contributed by atoms with van der Waals surface area (Å²) < 4.78 is 20.8. The maximum atomic E-state index is 13.5. The first kappa shape index (κ1) is 33.9. The van der Waals surface area contributed by atoms with Gasteiger partial charge >= 0.3 is 7.60 Å². The van der Waals surface area contributed by atoms with Crippen LogP contribution in [0.15, 0.2) is 0 Å². The molecule has 0 radical (unpaired) electrons. The Balaban J connectivity index is 1.84. The fourth-order valence-electron chi connectivity index (χ4n) is 10.3. The van der Waals surface area contributed by atoms with Crippen molar-refractivity contribution in [3.8, 4) is 0 Å². The molecule has 240 valence electrons. The second-order valence-electron chi connectivity index (χ2n) is 15.3. The van der Waals surface area contributed by atoms with E-state index in [-0.39, 0.29) is 16.7 Å². The number of aliphatic hydroxyl groups excluding tert-OH is 1. The average molecular weight is 598 g/mol. The molecule has 0 aromatic heterocycles. The monoisotopic (exact) mass is 597 g/mol. The van der Waals surface area contributed by atoms with Gasteiger partial charge in [-0.3, -0.25) is 4.57 Å². The summed E-state index contributed by atoms with van der Waals surface area (Å²) in [7, 11) is -4.55. The number of rotatable bonds is 10. The fraction of sp³-hybridized carbons (Fsp3) is 1.00. The molecule has 4 fully saturated rings. The molecule has 4 rings (SSSR count). The van der Waals surface area contributed by atoms with E-state index in [0.29, 0.717) is 25.2 Å². The number of ether oxygens (including phenoxy) is 1. The van der Waals surface area contributed by atoms with Gasteiger partial charge in [0, 0.05) is 11.5 Å². The van der Waals surface area contributed by atoms with E-state index in [1.165, 1.54) is 44.9 Å². The largest absolute Gasteiger partial charge is 0.391 e. The third-order valence-corrected chi connectivity index (χ3v) is 14.0. The minimum atomic E-state index is -4.55. The molecule has 0 aromatic carbocycles. The molecule has 2 heterocycles. The predicted octanol–water partition coefficient (Wildman–Crippen LogP) is 8.60. The van der Waals surface area contributed by atoms with Crippen LogP contribution >= 0.6 is 7.60 Å². The van der Waals surface area contributed by atoms with Crippen molar-refractivity contribution in [2.24, 2.45) is 28.4 Å². The van der Waals surface area contributed by atoms with Crippen LogP contribution < -0.4 is 5.73 Å². The molecule has 41 heavy (non-hydrogen) atoms. The molecule has 4 aliphatic rings. The van der Waals surface area contributed by atoms with Crippen LogP contribution in [-0.2, 0) is 9.30 Å². The predicted molar refractivity (Wildman–Crippen MR) is 168 cm³/mol. The molecular weight excluding hydrogens is 533 g/mol. The smallest absolute Gasteiger partial charge is 0.357 e. The molecule has 3 bridgehead atoms. The van der Waals surface area contributed by atoms with Gasteiger partial charge in [0.25, 0.3) is 0 Å². The first-order chi connectivity index (χ1) is 19.5. The molecule has 6 nitrogen and oxygen atoms in total. The first-order valence-electron chi connectivity index (χ1n) is 17.7. The quantitative estimate of drug-likeness (QED) is 0.148. The fourth-order valence-corrected chi connectivity index (χ4v) is 11.5. The molecule has 7 heteroatoms. The Labute approximate surface area is 251 Å². The van der Waals surface area contributed by atoms with Gasteiger partial charge in [-0.15, -0.1) is 0 Å². The number of nitrogens with two attached hydrogens (primary N) is 1. The lowest BCUT2D eigenvalue weighted by Gasteiger charge is -2.54. The van der Waals surface area contributed by atoms with E-state index < -0.39 is 30.7 Å². The normalized spacial score (nSPS) is 42.4. The molecule has 2 saturated heterocycles. The topological polar surface area (TPSA) is 113 Å². The third kappa shape index (κ3) is 6.84. The van der Waals surface area contributed by atoms with Crippen molar-refractivity contribution >= 4 is 7.60 Å². The number of hydrogen-bond acceptors (Lipinski definition) is 4. The minimum absolute atomic E-state index is 0.233. The highest BCUT2D eigenvalue weighted by Gasteiger charge is 2.72. The van der Waals surface area contributed by atoms with E-state index in [9.17, 15) is 19.5 Å². The van der Waals surface area contributed by atoms with Crippen molar-refractivity contribution in [2.45, 2.75) is 192 Å². The zero-order valence-corrected chi connectivity index (χ0v) is 27.6. The van der Waals surface area contributed by atoms with E-state index in [4.69, 9.17) is 10.5 Å². The van der Waals surface area contributed by atoms with Crippen LogP contribution in [0.25, 0.3) is 0 Å². The summed E-state index contributed by atoms with van der Waals surface area (Å²) in [5, 5.41) is 10.6. The van der Waals surface area contributed by atoms with Crippen molar-refractivity contribution in [3.63, 3.8) is 0 Å². The zero-order valence-electron chi connectivity index (χ0n) is 26.8. The Bertz CT molecular complexity index is 877. The molecule has 0 aromatic rings. The third-order valence-electron chi connectivity index (χ3n) is 12.5. The highest BCUT2D eigenvalue weighted by Crippen LogP contribution is 2.74. The Morgan fingerprint density at radius 2 is 1.49 bits per heavy atom. The lowest BCUT2D eigenvalue weighted by Crippen LogP contribution is -2.59. The molecule has 5 N–H and O–H groups in total. The van der Waals surface area contributed by atoms with Crippen LogP contribution in [0.5, 0.6) is 0 Å². The van der Waals surface area contributed by atoms with Crippen molar-refractivity contribution < 1.29 is 24.2 Å².